The molecule has 0 aromatic heterocycles. The SMILES string of the molecule is O=C1c2ccc(Cl)cc2C(=O)N1CCCO. The van der Waals surface area contributed by atoms with Crippen molar-refractivity contribution in [2.24, 2.45) is 0 Å². The lowest BCUT2D eigenvalue weighted by molar-refractivity contribution is 0.0645. The second-order valence-electron chi connectivity index (χ2n) is 3.53. The summed E-state index contributed by atoms with van der Waals surface area (Å²) in [6.07, 6.45) is 0.388. The number of amides is 2. The number of aliphatic hydroxyl groups excluding tert-OH is 1. The van der Waals surface area contributed by atoms with E-state index in [9.17, 15) is 9.59 Å². The number of nitrogens with zero attached hydrogens (tertiary/aromatic N) is 1. The predicted molar refractivity (Wildman–Crippen MR) is 58.5 cm³/mol. The molecule has 84 valence electrons. The Morgan fingerprint density at radius 3 is 2.56 bits per heavy atom. The van der Waals surface area contributed by atoms with Gasteiger partial charge < -0.3 is 5.11 Å². The highest BCUT2D eigenvalue weighted by molar-refractivity contribution is 6.32. The summed E-state index contributed by atoms with van der Waals surface area (Å²) in [5.74, 6) is -0.652. The van der Waals surface area contributed by atoms with Gasteiger partial charge in [0.05, 0.1) is 11.1 Å². The molecule has 0 fully saturated rings. The third-order valence-corrected chi connectivity index (χ3v) is 2.71. The number of rotatable bonds is 3. The molecular weight excluding hydrogens is 230 g/mol. The molecule has 1 aromatic rings. The van der Waals surface area contributed by atoms with Crippen LogP contribution in [-0.2, 0) is 0 Å². The van der Waals surface area contributed by atoms with E-state index in [1.807, 2.05) is 0 Å². The number of fused-ring (bicyclic) bond motifs is 1. The first kappa shape index (κ1) is 11.1. The van der Waals surface area contributed by atoms with Crippen LogP contribution in [0.25, 0.3) is 0 Å². The highest BCUT2D eigenvalue weighted by atomic mass is 35.5. The fraction of sp³-hybridized carbons (Fsp3) is 0.273. The highest BCUT2D eigenvalue weighted by Crippen LogP contribution is 2.25. The van der Waals surface area contributed by atoms with Crippen LogP contribution in [0, 0.1) is 0 Å². The average molecular weight is 240 g/mol. The fourth-order valence-electron chi connectivity index (χ4n) is 1.69. The lowest BCUT2D eigenvalue weighted by atomic mass is 10.1. The van der Waals surface area contributed by atoms with Gasteiger partial charge in [-0.15, -0.1) is 0 Å². The van der Waals surface area contributed by atoms with Gasteiger partial charge in [-0.25, -0.2) is 0 Å². The number of halogens is 1. The zero-order chi connectivity index (χ0) is 11.7. The summed E-state index contributed by atoms with van der Waals surface area (Å²) in [5.41, 5.74) is 0.725. The Morgan fingerprint density at radius 1 is 1.19 bits per heavy atom. The van der Waals surface area contributed by atoms with Crippen LogP contribution in [0.5, 0.6) is 0 Å². The maximum Gasteiger partial charge on any atom is 0.261 e. The first-order valence-corrected chi connectivity index (χ1v) is 5.29. The third kappa shape index (κ3) is 1.70. The van der Waals surface area contributed by atoms with E-state index in [1.54, 1.807) is 12.1 Å². The Balaban J connectivity index is 2.33. The van der Waals surface area contributed by atoms with Crippen LogP contribution in [0.4, 0.5) is 0 Å². The lowest BCUT2D eigenvalue weighted by Crippen LogP contribution is -2.31. The monoisotopic (exact) mass is 239 g/mol. The van der Waals surface area contributed by atoms with E-state index in [-0.39, 0.29) is 25.0 Å². The summed E-state index contributed by atoms with van der Waals surface area (Å²) in [6, 6.07) is 4.63. The average Bonchev–Trinajstić information content (AvgIpc) is 2.50. The van der Waals surface area contributed by atoms with E-state index >= 15 is 0 Å². The number of hydrogen-bond donors (Lipinski definition) is 1. The molecule has 1 N–H and O–H groups in total. The molecule has 16 heavy (non-hydrogen) atoms. The summed E-state index contributed by atoms with van der Waals surface area (Å²) in [6.45, 7) is 0.189. The minimum atomic E-state index is -0.337. The van der Waals surface area contributed by atoms with E-state index in [1.165, 1.54) is 6.07 Å². The largest absolute Gasteiger partial charge is 0.396 e. The van der Waals surface area contributed by atoms with Gasteiger partial charge in [0.1, 0.15) is 0 Å². The second-order valence-corrected chi connectivity index (χ2v) is 3.97. The van der Waals surface area contributed by atoms with Gasteiger partial charge in [-0.3, -0.25) is 14.5 Å². The van der Waals surface area contributed by atoms with Crippen molar-refractivity contribution in [3.63, 3.8) is 0 Å². The molecule has 2 rings (SSSR count). The summed E-state index contributed by atoms with van der Waals surface area (Å²) in [7, 11) is 0. The molecule has 0 saturated heterocycles. The molecule has 1 aliphatic heterocycles. The van der Waals surface area contributed by atoms with E-state index in [0.29, 0.717) is 22.6 Å². The normalized spacial score (nSPS) is 14.5. The predicted octanol–water partition coefficient (Wildman–Crippen LogP) is 1.32. The van der Waals surface area contributed by atoms with Crippen LogP contribution in [0.15, 0.2) is 18.2 Å². The van der Waals surface area contributed by atoms with Gasteiger partial charge in [0.25, 0.3) is 11.8 Å². The van der Waals surface area contributed by atoms with Gasteiger partial charge in [-0.1, -0.05) is 11.6 Å². The van der Waals surface area contributed by atoms with Crippen molar-refractivity contribution in [2.75, 3.05) is 13.2 Å². The van der Waals surface area contributed by atoms with Gasteiger partial charge in [0, 0.05) is 18.2 Å². The summed E-state index contributed by atoms with van der Waals surface area (Å²) < 4.78 is 0. The summed E-state index contributed by atoms with van der Waals surface area (Å²) in [5, 5.41) is 9.12. The Hall–Kier alpha value is -1.39. The minimum Gasteiger partial charge on any atom is -0.396 e. The minimum absolute atomic E-state index is 0.0475. The fourth-order valence-corrected chi connectivity index (χ4v) is 1.87. The number of carbonyl (C=O) groups is 2. The van der Waals surface area contributed by atoms with Gasteiger partial charge >= 0.3 is 0 Å². The van der Waals surface area contributed by atoms with Crippen LogP contribution < -0.4 is 0 Å². The lowest BCUT2D eigenvalue weighted by Gasteiger charge is -2.11. The van der Waals surface area contributed by atoms with E-state index in [2.05, 4.69) is 0 Å². The van der Waals surface area contributed by atoms with E-state index in [0.717, 1.165) is 4.90 Å². The molecule has 5 heteroatoms. The molecule has 0 aliphatic carbocycles. The topological polar surface area (TPSA) is 57.6 Å². The van der Waals surface area contributed by atoms with Crippen LogP contribution in [0.2, 0.25) is 5.02 Å². The Bertz CT molecular complexity index is 459. The highest BCUT2D eigenvalue weighted by Gasteiger charge is 2.34. The van der Waals surface area contributed by atoms with Crippen LogP contribution in [0.3, 0.4) is 0 Å². The molecule has 0 atom stereocenters. The Morgan fingerprint density at radius 2 is 1.88 bits per heavy atom. The molecule has 1 aliphatic rings. The van der Waals surface area contributed by atoms with Crippen molar-refractivity contribution in [1.82, 2.24) is 4.90 Å². The molecule has 2 amide bonds. The van der Waals surface area contributed by atoms with Gasteiger partial charge in [0.2, 0.25) is 0 Å². The van der Waals surface area contributed by atoms with Gasteiger partial charge in [0.15, 0.2) is 0 Å². The van der Waals surface area contributed by atoms with Crippen molar-refractivity contribution in [3.8, 4) is 0 Å². The molecule has 1 aromatic carbocycles. The van der Waals surface area contributed by atoms with E-state index in [4.69, 9.17) is 16.7 Å². The smallest absolute Gasteiger partial charge is 0.261 e. The Labute approximate surface area is 97.4 Å². The van der Waals surface area contributed by atoms with Crippen LogP contribution >= 0.6 is 11.6 Å². The van der Waals surface area contributed by atoms with Crippen molar-refractivity contribution in [1.29, 1.82) is 0 Å². The number of hydrogen-bond acceptors (Lipinski definition) is 3. The van der Waals surface area contributed by atoms with Crippen molar-refractivity contribution < 1.29 is 14.7 Å². The maximum absolute atomic E-state index is 11.8. The van der Waals surface area contributed by atoms with Crippen molar-refractivity contribution >= 4 is 23.4 Å². The Kier molecular flexibility index (Phi) is 2.94. The molecule has 0 radical (unpaired) electrons. The standard InChI is InChI=1S/C11H10ClNO3/c12-7-2-3-8-9(6-7)11(16)13(10(8)15)4-1-5-14/h2-3,6,14H,1,4-5H2. The maximum atomic E-state index is 11.8. The van der Waals surface area contributed by atoms with Gasteiger partial charge in [-0.05, 0) is 24.6 Å². The number of imide groups is 1. The van der Waals surface area contributed by atoms with Gasteiger partial charge in [-0.2, -0.15) is 0 Å². The summed E-state index contributed by atoms with van der Waals surface area (Å²) >= 11 is 5.77. The first-order chi connectivity index (χ1) is 7.65. The molecule has 0 unspecified atom stereocenters. The second kappa shape index (κ2) is 4.23. The molecule has 0 spiro atoms. The molecular formula is C11H10ClNO3. The van der Waals surface area contributed by atoms with Crippen molar-refractivity contribution in [3.05, 3.63) is 34.3 Å². The summed E-state index contributed by atoms with van der Waals surface area (Å²) in [4.78, 5) is 24.8. The van der Waals surface area contributed by atoms with E-state index < -0.39 is 0 Å². The molecule has 1 heterocycles. The van der Waals surface area contributed by atoms with Crippen molar-refractivity contribution in [2.45, 2.75) is 6.42 Å². The molecule has 4 nitrogen and oxygen atoms in total. The van der Waals surface area contributed by atoms with Crippen LogP contribution in [0.1, 0.15) is 27.1 Å². The van der Waals surface area contributed by atoms with Crippen LogP contribution in [-0.4, -0.2) is 35.0 Å². The zero-order valence-electron chi connectivity index (χ0n) is 8.44. The third-order valence-electron chi connectivity index (χ3n) is 2.47. The molecule has 0 bridgehead atoms. The molecule has 0 saturated carbocycles. The number of aliphatic hydroxyl groups is 1. The number of carbonyl (C=O) groups excluding carboxylic acids is 2. The number of benzene rings is 1. The first-order valence-electron chi connectivity index (χ1n) is 4.91. The zero-order valence-corrected chi connectivity index (χ0v) is 9.20. The quantitative estimate of drug-likeness (QED) is 0.810.